The molecule has 1 aromatic heterocycles. The van der Waals surface area contributed by atoms with Gasteiger partial charge in [0.2, 0.25) is 0 Å². The Labute approximate surface area is 132 Å². The van der Waals surface area contributed by atoms with E-state index in [1.165, 1.54) is 13.1 Å². The number of carbonyl (C=O) groups is 2. The van der Waals surface area contributed by atoms with Gasteiger partial charge in [0, 0.05) is 30.6 Å². The molecule has 0 aliphatic carbocycles. The number of para-hydroxylation sites is 1. The number of carbonyl (C=O) groups excluding carboxylic acids is 2. The molecule has 5 nitrogen and oxygen atoms in total. The standard InChI is InChI=1S/C16H15ClN2O3/c1-3-7-18-16(21)13-8-19-15-11(9-22-10(2)20)5-4-6-12(15)14(13)17/h3-6,8H,1,7,9H2,2H3,(H,18,21). The first-order chi connectivity index (χ1) is 10.5. The van der Waals surface area contributed by atoms with Crippen LogP contribution in [0.3, 0.4) is 0 Å². The third kappa shape index (κ3) is 3.43. The number of hydrogen-bond acceptors (Lipinski definition) is 4. The summed E-state index contributed by atoms with van der Waals surface area (Å²) >= 11 is 6.32. The summed E-state index contributed by atoms with van der Waals surface area (Å²) in [5, 5.41) is 3.61. The number of pyridine rings is 1. The molecule has 0 aliphatic heterocycles. The van der Waals surface area contributed by atoms with Gasteiger partial charge in [-0.15, -0.1) is 6.58 Å². The smallest absolute Gasteiger partial charge is 0.302 e. The lowest BCUT2D eigenvalue weighted by Crippen LogP contribution is -2.23. The van der Waals surface area contributed by atoms with Crippen molar-refractivity contribution in [2.45, 2.75) is 13.5 Å². The molecule has 2 aromatic rings. The fourth-order valence-corrected chi connectivity index (χ4v) is 2.25. The van der Waals surface area contributed by atoms with Crippen LogP contribution < -0.4 is 5.32 Å². The van der Waals surface area contributed by atoms with Crippen LogP contribution in [0.2, 0.25) is 5.02 Å². The highest BCUT2D eigenvalue weighted by Crippen LogP contribution is 2.28. The quantitative estimate of drug-likeness (QED) is 0.680. The van der Waals surface area contributed by atoms with Gasteiger partial charge in [-0.1, -0.05) is 35.9 Å². The number of halogens is 1. The molecule has 0 radical (unpaired) electrons. The van der Waals surface area contributed by atoms with Crippen LogP contribution in [0.1, 0.15) is 22.8 Å². The van der Waals surface area contributed by atoms with E-state index in [0.29, 0.717) is 28.0 Å². The lowest BCUT2D eigenvalue weighted by atomic mass is 10.1. The summed E-state index contributed by atoms with van der Waals surface area (Å²) in [4.78, 5) is 27.2. The highest BCUT2D eigenvalue weighted by Gasteiger charge is 2.15. The Hall–Kier alpha value is -2.40. The van der Waals surface area contributed by atoms with Crippen LogP contribution in [0, 0.1) is 0 Å². The van der Waals surface area contributed by atoms with Gasteiger partial charge in [-0.3, -0.25) is 14.6 Å². The molecule has 0 fully saturated rings. The SMILES string of the molecule is C=CCNC(=O)c1cnc2c(COC(C)=O)cccc2c1Cl. The summed E-state index contributed by atoms with van der Waals surface area (Å²) in [6.07, 6.45) is 3.00. The molecule has 0 unspecified atom stereocenters. The van der Waals surface area contributed by atoms with Crippen LogP contribution in [0.5, 0.6) is 0 Å². The van der Waals surface area contributed by atoms with Crippen LogP contribution in [0.4, 0.5) is 0 Å². The van der Waals surface area contributed by atoms with Gasteiger partial charge >= 0.3 is 5.97 Å². The van der Waals surface area contributed by atoms with Crippen LogP contribution in [-0.4, -0.2) is 23.4 Å². The van der Waals surface area contributed by atoms with Crippen molar-refractivity contribution in [2.24, 2.45) is 0 Å². The number of fused-ring (bicyclic) bond motifs is 1. The van der Waals surface area contributed by atoms with Gasteiger partial charge in [0.05, 0.1) is 16.1 Å². The van der Waals surface area contributed by atoms with Crippen LogP contribution in [-0.2, 0) is 16.1 Å². The van der Waals surface area contributed by atoms with Gasteiger partial charge in [-0.25, -0.2) is 0 Å². The normalized spacial score (nSPS) is 10.3. The predicted octanol–water partition coefficient (Wildman–Crippen LogP) is 2.87. The first-order valence-electron chi connectivity index (χ1n) is 6.63. The summed E-state index contributed by atoms with van der Waals surface area (Å²) in [5.41, 5.74) is 1.63. The third-order valence-electron chi connectivity index (χ3n) is 3.00. The second kappa shape index (κ2) is 7.04. The van der Waals surface area contributed by atoms with Crippen molar-refractivity contribution >= 4 is 34.4 Å². The van der Waals surface area contributed by atoms with Gasteiger partial charge in [-0.2, -0.15) is 0 Å². The molecule has 0 aliphatic rings. The highest BCUT2D eigenvalue weighted by atomic mass is 35.5. The van der Waals surface area contributed by atoms with Crippen molar-refractivity contribution in [1.82, 2.24) is 10.3 Å². The molecule has 114 valence electrons. The second-order valence-electron chi connectivity index (χ2n) is 4.58. The van der Waals surface area contributed by atoms with E-state index < -0.39 is 0 Å². The number of nitrogens with zero attached hydrogens (tertiary/aromatic N) is 1. The number of amides is 1. The Bertz CT molecular complexity index is 743. The third-order valence-corrected chi connectivity index (χ3v) is 3.40. The molecule has 0 saturated carbocycles. The molecule has 0 atom stereocenters. The Balaban J connectivity index is 2.42. The van der Waals surface area contributed by atoms with E-state index in [4.69, 9.17) is 16.3 Å². The van der Waals surface area contributed by atoms with Gasteiger partial charge < -0.3 is 10.1 Å². The molecule has 0 bridgehead atoms. The fraction of sp³-hybridized carbons (Fsp3) is 0.188. The second-order valence-corrected chi connectivity index (χ2v) is 4.96. The van der Waals surface area contributed by atoms with Gasteiger partial charge in [-0.05, 0) is 0 Å². The zero-order valence-corrected chi connectivity index (χ0v) is 12.8. The number of esters is 1. The Morgan fingerprint density at radius 3 is 2.91 bits per heavy atom. The van der Waals surface area contributed by atoms with Crippen molar-refractivity contribution in [1.29, 1.82) is 0 Å². The lowest BCUT2D eigenvalue weighted by molar-refractivity contribution is -0.142. The maximum atomic E-state index is 12.0. The summed E-state index contributed by atoms with van der Waals surface area (Å²) in [5.74, 6) is -0.687. The van der Waals surface area contributed by atoms with Crippen molar-refractivity contribution < 1.29 is 14.3 Å². The Morgan fingerprint density at radius 2 is 2.23 bits per heavy atom. The predicted molar refractivity (Wildman–Crippen MR) is 84.8 cm³/mol. The van der Waals surface area contributed by atoms with Crippen molar-refractivity contribution in [3.05, 3.63) is 53.2 Å². The molecule has 1 aromatic carbocycles. The molecule has 0 spiro atoms. The lowest BCUT2D eigenvalue weighted by Gasteiger charge is -2.10. The Kier molecular flexibility index (Phi) is 5.12. The number of nitrogens with one attached hydrogen (secondary N) is 1. The minimum absolute atomic E-state index is 0.109. The monoisotopic (exact) mass is 318 g/mol. The fourth-order valence-electron chi connectivity index (χ4n) is 1.97. The van der Waals surface area contributed by atoms with E-state index in [1.807, 2.05) is 0 Å². The van der Waals surface area contributed by atoms with E-state index in [9.17, 15) is 9.59 Å². The van der Waals surface area contributed by atoms with E-state index in [2.05, 4.69) is 16.9 Å². The summed E-state index contributed by atoms with van der Waals surface area (Å²) in [7, 11) is 0. The van der Waals surface area contributed by atoms with E-state index in [0.717, 1.165) is 5.56 Å². The van der Waals surface area contributed by atoms with Crippen molar-refractivity contribution in [2.75, 3.05) is 6.54 Å². The van der Waals surface area contributed by atoms with Crippen LogP contribution >= 0.6 is 11.6 Å². The topological polar surface area (TPSA) is 68.3 Å². The zero-order valence-electron chi connectivity index (χ0n) is 12.1. The molecule has 22 heavy (non-hydrogen) atoms. The molecular weight excluding hydrogens is 304 g/mol. The van der Waals surface area contributed by atoms with E-state index >= 15 is 0 Å². The van der Waals surface area contributed by atoms with Gasteiger partial charge in [0.25, 0.3) is 5.91 Å². The maximum absolute atomic E-state index is 12.0. The average Bonchev–Trinajstić information content (AvgIpc) is 2.51. The molecular formula is C16H15ClN2O3. The molecule has 1 N–H and O–H groups in total. The van der Waals surface area contributed by atoms with Crippen LogP contribution in [0.25, 0.3) is 10.9 Å². The van der Waals surface area contributed by atoms with Crippen molar-refractivity contribution in [3.63, 3.8) is 0 Å². The number of benzene rings is 1. The van der Waals surface area contributed by atoms with Crippen LogP contribution in [0.15, 0.2) is 37.1 Å². The minimum Gasteiger partial charge on any atom is -0.461 e. The van der Waals surface area contributed by atoms with Gasteiger partial charge in [0.1, 0.15) is 6.61 Å². The number of ether oxygens (including phenoxy) is 1. The number of aromatic nitrogens is 1. The molecule has 1 heterocycles. The summed E-state index contributed by atoms with van der Waals surface area (Å²) in [6.45, 7) is 5.34. The average molecular weight is 319 g/mol. The number of rotatable bonds is 5. The highest BCUT2D eigenvalue weighted by molar-refractivity contribution is 6.38. The Morgan fingerprint density at radius 1 is 1.45 bits per heavy atom. The molecule has 0 saturated heterocycles. The van der Waals surface area contributed by atoms with Crippen molar-refractivity contribution in [3.8, 4) is 0 Å². The first-order valence-corrected chi connectivity index (χ1v) is 7.01. The molecule has 2 rings (SSSR count). The summed E-state index contributed by atoms with van der Waals surface area (Å²) in [6, 6.07) is 5.35. The van der Waals surface area contributed by atoms with E-state index in [-0.39, 0.29) is 18.5 Å². The van der Waals surface area contributed by atoms with E-state index in [1.54, 1.807) is 24.3 Å². The number of hydrogen-bond donors (Lipinski definition) is 1. The molecule has 1 amide bonds. The maximum Gasteiger partial charge on any atom is 0.302 e. The summed E-state index contributed by atoms with van der Waals surface area (Å²) < 4.78 is 4.99. The first kappa shape index (κ1) is 16.0. The van der Waals surface area contributed by atoms with Gasteiger partial charge in [0.15, 0.2) is 0 Å². The molecule has 6 heteroatoms. The minimum atomic E-state index is -0.372. The zero-order chi connectivity index (χ0) is 16.1. The largest absolute Gasteiger partial charge is 0.461 e.